The highest BCUT2D eigenvalue weighted by molar-refractivity contribution is 5.85. The molecular weight excluding hydrogens is 371 g/mol. The van der Waals surface area contributed by atoms with Crippen LogP contribution in [0, 0.1) is 12.7 Å². The topological polar surface area (TPSA) is 98.9 Å². The first kappa shape index (κ1) is 17.4. The van der Waals surface area contributed by atoms with E-state index < -0.39 is 5.82 Å². The van der Waals surface area contributed by atoms with Crippen LogP contribution in [0.1, 0.15) is 5.56 Å². The largest absolute Gasteiger partial charge is 0.396 e. The van der Waals surface area contributed by atoms with Crippen molar-refractivity contribution in [2.45, 2.75) is 13.5 Å². The van der Waals surface area contributed by atoms with Crippen molar-refractivity contribution in [3.63, 3.8) is 0 Å². The van der Waals surface area contributed by atoms with E-state index in [1.165, 1.54) is 0 Å². The van der Waals surface area contributed by atoms with Crippen LogP contribution < -0.4 is 16.7 Å². The summed E-state index contributed by atoms with van der Waals surface area (Å²) in [5.74, 6) is 1.15. The third-order valence-corrected chi connectivity index (χ3v) is 5.06. The van der Waals surface area contributed by atoms with Crippen molar-refractivity contribution in [1.29, 1.82) is 0 Å². The molecule has 0 unspecified atom stereocenters. The fourth-order valence-electron chi connectivity index (χ4n) is 3.71. The van der Waals surface area contributed by atoms with Crippen molar-refractivity contribution in [3.05, 3.63) is 53.8 Å². The molecule has 146 valence electrons. The van der Waals surface area contributed by atoms with Crippen LogP contribution in [0.25, 0.3) is 22.5 Å². The Morgan fingerprint density at radius 2 is 2.14 bits per heavy atom. The van der Waals surface area contributed by atoms with Gasteiger partial charge in [-0.25, -0.2) is 14.4 Å². The number of hydrogen-bond donors (Lipinski definition) is 2. The number of pyridine rings is 1. The predicted octanol–water partition coefficient (Wildman–Crippen LogP) is 2.47. The maximum absolute atomic E-state index is 14.9. The second-order valence-electron chi connectivity index (χ2n) is 7.08. The van der Waals surface area contributed by atoms with Crippen LogP contribution >= 0.6 is 0 Å². The lowest BCUT2D eigenvalue weighted by molar-refractivity contribution is 0.635. The number of aromatic nitrogens is 5. The summed E-state index contributed by atoms with van der Waals surface area (Å²) in [5.41, 5.74) is 9.86. The molecule has 0 saturated heterocycles. The molecule has 9 heteroatoms. The van der Waals surface area contributed by atoms with Gasteiger partial charge in [0.1, 0.15) is 17.3 Å². The molecule has 0 saturated carbocycles. The number of aryl methyl sites for hydroxylation is 2. The minimum atomic E-state index is -0.412. The molecule has 2 aromatic rings. The van der Waals surface area contributed by atoms with Gasteiger partial charge >= 0.3 is 0 Å². The lowest BCUT2D eigenvalue weighted by atomic mass is 9.97. The molecule has 3 N–H and O–H groups in total. The summed E-state index contributed by atoms with van der Waals surface area (Å²) in [6.07, 6.45) is 5.16. The van der Waals surface area contributed by atoms with Gasteiger partial charge in [0.25, 0.3) is 5.62 Å². The second-order valence-corrected chi connectivity index (χ2v) is 7.08. The number of rotatable bonds is 2. The number of nitrogens with one attached hydrogen (secondary N) is 1. The number of halogens is 1. The molecule has 0 fully saturated rings. The number of nitrogens with two attached hydrogens (primary N) is 1. The first-order valence-electron chi connectivity index (χ1n) is 9.24. The summed E-state index contributed by atoms with van der Waals surface area (Å²) in [5, 5.41) is 7.46. The Morgan fingerprint density at radius 3 is 2.93 bits per heavy atom. The molecule has 0 aliphatic carbocycles. The number of benzene rings is 1. The maximum atomic E-state index is 14.9. The van der Waals surface area contributed by atoms with Gasteiger partial charge in [-0.2, -0.15) is 10.1 Å². The van der Waals surface area contributed by atoms with E-state index in [4.69, 9.17) is 5.73 Å². The quantitative estimate of drug-likeness (QED) is 0.512. The fourth-order valence-corrected chi connectivity index (χ4v) is 3.71. The van der Waals surface area contributed by atoms with Crippen LogP contribution in [0.3, 0.4) is 0 Å². The van der Waals surface area contributed by atoms with Crippen molar-refractivity contribution in [2.24, 2.45) is 12.0 Å². The molecule has 1 aromatic carbocycles. The van der Waals surface area contributed by atoms with Crippen LogP contribution in [0.15, 0.2) is 41.8 Å². The van der Waals surface area contributed by atoms with E-state index in [0.29, 0.717) is 23.4 Å². The highest BCUT2D eigenvalue weighted by Crippen LogP contribution is 2.40. The Hall–Kier alpha value is -3.75. The lowest BCUT2D eigenvalue weighted by Gasteiger charge is -2.19. The summed E-state index contributed by atoms with van der Waals surface area (Å²) in [4.78, 5) is 13.4. The van der Waals surface area contributed by atoms with E-state index in [2.05, 4.69) is 25.4 Å². The summed E-state index contributed by atoms with van der Waals surface area (Å²) in [6, 6.07) is 5.32. The lowest BCUT2D eigenvalue weighted by Crippen LogP contribution is -2.17. The first-order chi connectivity index (χ1) is 14.0. The van der Waals surface area contributed by atoms with Gasteiger partial charge in [0, 0.05) is 43.0 Å². The number of anilines is 2. The molecule has 3 aliphatic heterocycles. The number of fused-ring (bicyclic) bond motifs is 3. The zero-order chi connectivity index (χ0) is 20.1. The number of nitrogens with zero attached hydrogens (tertiary/aromatic N) is 6. The van der Waals surface area contributed by atoms with Crippen molar-refractivity contribution in [3.8, 4) is 22.5 Å². The smallest absolute Gasteiger partial charge is 0.251 e. The van der Waals surface area contributed by atoms with Crippen LogP contribution in [0.2, 0.25) is 0 Å². The predicted molar refractivity (Wildman–Crippen MR) is 108 cm³/mol. The average Bonchev–Trinajstić information content (AvgIpc) is 3.35. The first-order valence-corrected chi connectivity index (χ1v) is 9.24. The molecule has 4 heterocycles. The van der Waals surface area contributed by atoms with Crippen molar-refractivity contribution in [1.82, 2.24) is 24.3 Å². The Bertz CT molecular complexity index is 1290. The van der Waals surface area contributed by atoms with Gasteiger partial charge in [-0.15, -0.1) is 0 Å². The summed E-state index contributed by atoms with van der Waals surface area (Å²) in [7, 11) is 1.83. The second kappa shape index (κ2) is 6.40. The molecule has 0 atom stereocenters. The van der Waals surface area contributed by atoms with E-state index in [1.54, 1.807) is 29.3 Å². The SMILES string of the molecule is Cc1ccc(N)c(F)c1-c1cc2cnc(=Nc3cnn(C)c3)nc-2n2c1NCC2. The molecular formula is C20H19FN8. The number of nitrogen functional groups attached to an aromatic ring is 1. The van der Waals surface area contributed by atoms with Crippen LogP contribution in [0.5, 0.6) is 0 Å². The third kappa shape index (κ3) is 2.82. The van der Waals surface area contributed by atoms with Gasteiger partial charge in [0.15, 0.2) is 5.82 Å². The van der Waals surface area contributed by atoms with E-state index >= 15 is 0 Å². The van der Waals surface area contributed by atoms with E-state index in [0.717, 1.165) is 34.9 Å². The third-order valence-electron chi connectivity index (χ3n) is 5.06. The Labute approximate surface area is 165 Å². The van der Waals surface area contributed by atoms with Gasteiger partial charge in [-0.3, -0.25) is 4.68 Å². The summed E-state index contributed by atoms with van der Waals surface area (Å²) < 4.78 is 18.6. The molecule has 0 spiro atoms. The summed E-state index contributed by atoms with van der Waals surface area (Å²) in [6.45, 7) is 3.32. The molecule has 3 aliphatic rings. The standard InChI is InChI=1S/C20H19FN8/c1-11-3-4-15(22)17(21)16(11)14-7-12-8-24-20(26-13-9-25-28(2)10-13)27-18(12)29-6-5-23-19(14)29/h3-4,7-10,23H,5-6,22H2,1-2H3. The highest BCUT2D eigenvalue weighted by Gasteiger charge is 2.25. The maximum Gasteiger partial charge on any atom is 0.251 e. The van der Waals surface area contributed by atoms with E-state index in [-0.39, 0.29) is 5.69 Å². The normalized spacial score (nSPS) is 13.7. The molecule has 8 nitrogen and oxygen atoms in total. The number of hydrogen-bond acceptors (Lipinski definition) is 6. The average molecular weight is 390 g/mol. The van der Waals surface area contributed by atoms with Gasteiger partial charge in [0.2, 0.25) is 0 Å². The Balaban J connectivity index is 1.75. The van der Waals surface area contributed by atoms with Gasteiger partial charge in [-0.05, 0) is 24.6 Å². The molecule has 0 radical (unpaired) electrons. The van der Waals surface area contributed by atoms with Crippen LogP contribution in [0.4, 0.5) is 21.6 Å². The Morgan fingerprint density at radius 1 is 1.28 bits per heavy atom. The highest BCUT2D eigenvalue weighted by atomic mass is 19.1. The molecule has 1 aromatic heterocycles. The van der Waals surface area contributed by atoms with Crippen molar-refractivity contribution in [2.75, 3.05) is 17.6 Å². The van der Waals surface area contributed by atoms with Crippen molar-refractivity contribution >= 4 is 17.2 Å². The zero-order valence-electron chi connectivity index (χ0n) is 16.0. The summed E-state index contributed by atoms with van der Waals surface area (Å²) >= 11 is 0. The monoisotopic (exact) mass is 390 g/mol. The molecule has 0 bridgehead atoms. The van der Waals surface area contributed by atoms with Crippen LogP contribution in [-0.4, -0.2) is 30.9 Å². The minimum Gasteiger partial charge on any atom is -0.396 e. The van der Waals surface area contributed by atoms with Crippen molar-refractivity contribution < 1.29 is 4.39 Å². The molecule has 5 rings (SSSR count). The Kier molecular flexibility index (Phi) is 3.83. The molecule has 29 heavy (non-hydrogen) atoms. The van der Waals surface area contributed by atoms with E-state index in [1.807, 2.05) is 30.7 Å². The van der Waals surface area contributed by atoms with Gasteiger partial charge in [0.05, 0.1) is 18.1 Å². The minimum absolute atomic E-state index is 0.129. The van der Waals surface area contributed by atoms with Gasteiger partial charge < -0.3 is 15.6 Å². The van der Waals surface area contributed by atoms with Crippen LogP contribution in [-0.2, 0) is 13.6 Å². The zero-order valence-corrected chi connectivity index (χ0v) is 16.0. The molecule has 0 amide bonds. The van der Waals surface area contributed by atoms with E-state index in [9.17, 15) is 4.39 Å². The fraction of sp³-hybridized carbons (Fsp3) is 0.200. The van der Waals surface area contributed by atoms with Gasteiger partial charge in [-0.1, -0.05) is 6.07 Å².